The first kappa shape index (κ1) is 25.0. The number of carboxylic acids is 1. The van der Waals surface area contributed by atoms with Crippen molar-refractivity contribution in [3.63, 3.8) is 0 Å². The van der Waals surface area contributed by atoms with E-state index in [1.165, 1.54) is 40.9 Å². The summed E-state index contributed by atoms with van der Waals surface area (Å²) < 4.78 is 19.3. The highest BCUT2D eigenvalue weighted by molar-refractivity contribution is 8.18. The number of amides is 1. The number of carbonyl (C=O) groups excluding carboxylic acids is 1. The van der Waals surface area contributed by atoms with Gasteiger partial charge in [0.1, 0.15) is 17.3 Å². The molecule has 1 fully saturated rings. The monoisotopic (exact) mass is 524 g/mol. The molecule has 0 aromatic heterocycles. The van der Waals surface area contributed by atoms with E-state index in [0.29, 0.717) is 27.3 Å². The summed E-state index contributed by atoms with van der Waals surface area (Å²) in [5.74, 6) is -0.300. The third kappa shape index (κ3) is 5.99. The summed E-state index contributed by atoms with van der Waals surface area (Å²) in [6, 6.07) is 28.9. The molecule has 1 amide bonds. The van der Waals surface area contributed by atoms with E-state index in [0.717, 1.165) is 11.1 Å². The van der Waals surface area contributed by atoms with Gasteiger partial charge in [-0.05, 0) is 89.6 Å². The van der Waals surface area contributed by atoms with Gasteiger partial charge < -0.3 is 9.84 Å². The summed E-state index contributed by atoms with van der Waals surface area (Å²) >= 11 is 1.22. The van der Waals surface area contributed by atoms with Crippen molar-refractivity contribution in [3.05, 3.63) is 131 Å². The van der Waals surface area contributed by atoms with Crippen LogP contribution in [0.3, 0.4) is 0 Å². The molecule has 0 radical (unpaired) electrons. The zero-order chi connectivity index (χ0) is 26.5. The van der Waals surface area contributed by atoms with Crippen molar-refractivity contribution >= 4 is 40.6 Å². The molecule has 4 aromatic carbocycles. The van der Waals surface area contributed by atoms with E-state index < -0.39 is 5.97 Å². The Labute approximate surface area is 222 Å². The van der Waals surface area contributed by atoms with Gasteiger partial charge in [0, 0.05) is 0 Å². The fourth-order valence-corrected chi connectivity index (χ4v) is 4.73. The SMILES string of the molecule is O=C(O)c1ccc(CN2C(=O)/C(=C/c3cccc(Oc4ccccc4)c3)SC2=Nc2ccc(F)cc2)cc1. The van der Waals surface area contributed by atoms with Gasteiger partial charge in [0.15, 0.2) is 5.17 Å². The van der Waals surface area contributed by atoms with Crippen LogP contribution >= 0.6 is 11.8 Å². The second-order valence-corrected chi connectivity index (χ2v) is 9.37. The van der Waals surface area contributed by atoms with Gasteiger partial charge in [-0.3, -0.25) is 9.69 Å². The van der Waals surface area contributed by atoms with E-state index in [9.17, 15) is 19.1 Å². The van der Waals surface area contributed by atoms with E-state index in [-0.39, 0.29) is 23.8 Å². The second kappa shape index (κ2) is 11.1. The second-order valence-electron chi connectivity index (χ2n) is 8.36. The number of para-hydroxylation sites is 1. The molecule has 0 saturated carbocycles. The Morgan fingerprint density at radius 1 is 0.921 bits per heavy atom. The van der Waals surface area contributed by atoms with Crippen molar-refractivity contribution in [3.8, 4) is 11.5 Å². The van der Waals surface area contributed by atoms with E-state index >= 15 is 0 Å². The number of halogens is 1. The average molecular weight is 525 g/mol. The van der Waals surface area contributed by atoms with Crippen molar-refractivity contribution in [2.45, 2.75) is 6.54 Å². The van der Waals surface area contributed by atoms with Crippen LogP contribution in [-0.4, -0.2) is 27.1 Å². The number of ether oxygens (including phenoxy) is 1. The zero-order valence-corrected chi connectivity index (χ0v) is 20.8. The van der Waals surface area contributed by atoms with Crippen LogP contribution in [0.4, 0.5) is 10.1 Å². The van der Waals surface area contributed by atoms with Crippen molar-refractivity contribution in [2.24, 2.45) is 4.99 Å². The lowest BCUT2D eigenvalue weighted by atomic mass is 10.1. The largest absolute Gasteiger partial charge is 0.478 e. The number of thioether (sulfide) groups is 1. The number of nitrogens with zero attached hydrogens (tertiary/aromatic N) is 2. The van der Waals surface area contributed by atoms with E-state index in [1.54, 1.807) is 30.3 Å². The first-order chi connectivity index (χ1) is 18.4. The Kier molecular flexibility index (Phi) is 7.33. The van der Waals surface area contributed by atoms with Crippen molar-refractivity contribution < 1.29 is 23.8 Å². The van der Waals surface area contributed by atoms with Gasteiger partial charge >= 0.3 is 5.97 Å². The Balaban J connectivity index is 1.44. The Bertz CT molecular complexity index is 1540. The lowest BCUT2D eigenvalue weighted by molar-refractivity contribution is -0.122. The quantitative estimate of drug-likeness (QED) is 0.260. The number of aliphatic imine (C=N–C) groups is 1. The number of carbonyl (C=O) groups is 2. The standard InChI is InChI=1S/C30H21FN2O4S/c31-23-13-15-24(16-14-23)32-30-33(19-20-9-11-22(12-10-20)29(35)36)28(34)27(38-30)18-21-5-4-8-26(17-21)37-25-6-2-1-3-7-25/h1-18H,19H2,(H,35,36)/b27-18-,32-30?. The topological polar surface area (TPSA) is 79.2 Å². The molecule has 0 unspecified atom stereocenters. The predicted molar refractivity (Wildman–Crippen MR) is 146 cm³/mol. The predicted octanol–water partition coefficient (Wildman–Crippen LogP) is 7.12. The first-order valence-corrected chi connectivity index (χ1v) is 12.5. The first-order valence-electron chi connectivity index (χ1n) is 11.7. The summed E-state index contributed by atoms with van der Waals surface area (Å²) in [4.78, 5) is 31.3. The molecule has 1 saturated heterocycles. The van der Waals surface area contributed by atoms with Gasteiger partial charge in [0.25, 0.3) is 5.91 Å². The maximum atomic E-state index is 13.5. The molecule has 8 heteroatoms. The summed E-state index contributed by atoms with van der Waals surface area (Å²) in [7, 11) is 0. The number of hydrogen-bond donors (Lipinski definition) is 1. The van der Waals surface area contributed by atoms with Crippen molar-refractivity contribution in [1.29, 1.82) is 0 Å². The van der Waals surface area contributed by atoms with Crippen LogP contribution < -0.4 is 4.74 Å². The number of amidine groups is 1. The molecule has 0 bridgehead atoms. The summed E-state index contributed by atoms with van der Waals surface area (Å²) in [6.45, 7) is 0.195. The number of carboxylic acid groups (broad SMARTS) is 1. The molecule has 38 heavy (non-hydrogen) atoms. The number of aromatic carboxylic acids is 1. The molecule has 1 heterocycles. The highest BCUT2D eigenvalue weighted by Gasteiger charge is 2.33. The van der Waals surface area contributed by atoms with Gasteiger partial charge in [-0.1, -0.05) is 42.5 Å². The minimum Gasteiger partial charge on any atom is -0.478 e. The molecule has 5 rings (SSSR count). The fraction of sp³-hybridized carbons (Fsp3) is 0.0333. The molecule has 0 spiro atoms. The van der Waals surface area contributed by atoms with Gasteiger partial charge in [-0.25, -0.2) is 14.2 Å². The van der Waals surface area contributed by atoms with Gasteiger partial charge in [0.05, 0.1) is 22.7 Å². The molecule has 1 N–H and O–H groups in total. The van der Waals surface area contributed by atoms with Crippen molar-refractivity contribution in [2.75, 3.05) is 0 Å². The Morgan fingerprint density at radius 2 is 1.63 bits per heavy atom. The van der Waals surface area contributed by atoms with E-state index in [2.05, 4.69) is 4.99 Å². The molecule has 1 aliphatic rings. The van der Waals surface area contributed by atoms with Crippen LogP contribution in [0.15, 0.2) is 113 Å². The fourth-order valence-electron chi connectivity index (χ4n) is 3.74. The van der Waals surface area contributed by atoms with E-state index in [1.807, 2.05) is 54.6 Å². The summed E-state index contributed by atoms with van der Waals surface area (Å²) in [5, 5.41) is 9.61. The van der Waals surface area contributed by atoms with Crippen LogP contribution in [0, 0.1) is 5.82 Å². The van der Waals surface area contributed by atoms with E-state index in [4.69, 9.17) is 4.74 Å². The van der Waals surface area contributed by atoms with Crippen LogP contribution in [0.1, 0.15) is 21.5 Å². The van der Waals surface area contributed by atoms with Gasteiger partial charge in [0.2, 0.25) is 0 Å². The molecule has 6 nitrogen and oxygen atoms in total. The average Bonchev–Trinajstić information content (AvgIpc) is 3.20. The minimum atomic E-state index is -1.02. The Hall–Kier alpha value is -4.69. The summed E-state index contributed by atoms with van der Waals surface area (Å²) in [6.07, 6.45) is 1.78. The molecule has 0 atom stereocenters. The maximum Gasteiger partial charge on any atom is 0.335 e. The molecule has 0 aliphatic carbocycles. The van der Waals surface area contributed by atoms with Crippen LogP contribution in [0.25, 0.3) is 6.08 Å². The molecular weight excluding hydrogens is 503 g/mol. The van der Waals surface area contributed by atoms with Gasteiger partial charge in [-0.15, -0.1) is 0 Å². The molecule has 1 aliphatic heterocycles. The van der Waals surface area contributed by atoms with Gasteiger partial charge in [-0.2, -0.15) is 0 Å². The number of hydrogen-bond acceptors (Lipinski definition) is 5. The van der Waals surface area contributed by atoms with Crippen LogP contribution in [0.5, 0.6) is 11.5 Å². The lowest BCUT2D eigenvalue weighted by Gasteiger charge is -2.16. The third-order valence-corrected chi connectivity index (χ3v) is 6.62. The normalized spacial score (nSPS) is 15.3. The highest BCUT2D eigenvalue weighted by Crippen LogP contribution is 2.36. The third-order valence-electron chi connectivity index (χ3n) is 5.62. The van der Waals surface area contributed by atoms with Crippen LogP contribution in [-0.2, 0) is 11.3 Å². The maximum absolute atomic E-state index is 13.5. The van der Waals surface area contributed by atoms with Crippen molar-refractivity contribution in [1.82, 2.24) is 4.90 Å². The number of rotatable bonds is 7. The zero-order valence-electron chi connectivity index (χ0n) is 20.0. The highest BCUT2D eigenvalue weighted by atomic mass is 32.2. The molecule has 4 aromatic rings. The van der Waals surface area contributed by atoms with Crippen LogP contribution in [0.2, 0.25) is 0 Å². The lowest BCUT2D eigenvalue weighted by Crippen LogP contribution is -2.28. The Morgan fingerprint density at radius 3 is 2.34 bits per heavy atom. The minimum absolute atomic E-state index is 0.161. The molecular formula is C30H21FN2O4S. The molecule has 188 valence electrons. The number of benzene rings is 4. The summed E-state index contributed by atoms with van der Waals surface area (Å²) in [5.41, 5.74) is 2.19. The smallest absolute Gasteiger partial charge is 0.335 e.